The van der Waals surface area contributed by atoms with Crippen LogP contribution in [0.4, 0.5) is 0 Å². The minimum Gasteiger partial charge on any atom is -0.366 e. The van der Waals surface area contributed by atoms with Gasteiger partial charge >= 0.3 is 0 Å². The maximum Gasteiger partial charge on any atom is 0.249 e. The Balaban J connectivity index is 3.52. The normalized spacial score (nSPS) is 10.0. The number of nitrogens with two attached hydrogens (primary N) is 2. The lowest BCUT2D eigenvalue weighted by Gasteiger charge is -2.10. The Labute approximate surface area is 88.3 Å². The number of primary amides is 2. The number of carbonyl (C=O) groups excluding carboxylic acids is 2. The van der Waals surface area contributed by atoms with Crippen LogP contribution in [0.1, 0.15) is 38.8 Å². The van der Waals surface area contributed by atoms with Crippen molar-refractivity contribution in [3.63, 3.8) is 0 Å². The number of benzene rings is 1. The molecule has 15 heavy (non-hydrogen) atoms. The van der Waals surface area contributed by atoms with E-state index in [2.05, 4.69) is 0 Å². The first-order valence-corrected chi connectivity index (χ1v) is 4.70. The molecule has 0 aliphatic heterocycles. The zero-order chi connectivity index (χ0) is 11.6. The largest absolute Gasteiger partial charge is 0.366 e. The van der Waals surface area contributed by atoms with Crippen molar-refractivity contribution in [3.05, 3.63) is 34.4 Å². The second-order valence-corrected chi connectivity index (χ2v) is 3.42. The van der Waals surface area contributed by atoms with Gasteiger partial charge in [-0.15, -0.1) is 0 Å². The van der Waals surface area contributed by atoms with Crippen molar-refractivity contribution in [1.29, 1.82) is 0 Å². The van der Waals surface area contributed by atoms with Gasteiger partial charge in [0.15, 0.2) is 0 Å². The predicted octanol–water partition coefficient (Wildman–Crippen LogP) is 0.755. The van der Waals surface area contributed by atoms with E-state index >= 15 is 0 Å². The Hall–Kier alpha value is -1.84. The van der Waals surface area contributed by atoms with Gasteiger partial charge in [0.05, 0.1) is 0 Å². The van der Waals surface area contributed by atoms with Crippen LogP contribution in [-0.2, 0) is 6.42 Å². The van der Waals surface area contributed by atoms with E-state index in [1.807, 2.05) is 6.92 Å². The molecule has 0 saturated carbocycles. The highest BCUT2D eigenvalue weighted by Gasteiger charge is 2.15. The van der Waals surface area contributed by atoms with Gasteiger partial charge in [-0.3, -0.25) is 9.59 Å². The van der Waals surface area contributed by atoms with E-state index in [1.54, 1.807) is 19.1 Å². The molecule has 1 aromatic carbocycles. The molecule has 0 unspecified atom stereocenters. The first-order chi connectivity index (χ1) is 6.97. The van der Waals surface area contributed by atoms with Crippen LogP contribution in [0.25, 0.3) is 0 Å². The number of carbonyl (C=O) groups is 2. The summed E-state index contributed by atoms with van der Waals surface area (Å²) in [7, 11) is 0. The number of rotatable bonds is 3. The van der Waals surface area contributed by atoms with E-state index in [9.17, 15) is 9.59 Å². The molecular formula is C11H14N2O2. The average molecular weight is 206 g/mol. The highest BCUT2D eigenvalue weighted by molar-refractivity contribution is 6.01. The lowest BCUT2D eigenvalue weighted by atomic mass is 9.95. The van der Waals surface area contributed by atoms with E-state index in [4.69, 9.17) is 11.5 Å². The molecule has 0 aromatic heterocycles. The summed E-state index contributed by atoms with van der Waals surface area (Å²) in [6, 6.07) is 3.35. The summed E-state index contributed by atoms with van der Waals surface area (Å²) < 4.78 is 0. The van der Waals surface area contributed by atoms with Crippen LogP contribution in [-0.4, -0.2) is 11.8 Å². The van der Waals surface area contributed by atoms with Crippen LogP contribution in [0.5, 0.6) is 0 Å². The molecule has 0 aliphatic rings. The molecular weight excluding hydrogens is 192 g/mol. The van der Waals surface area contributed by atoms with E-state index in [0.717, 1.165) is 5.56 Å². The lowest BCUT2D eigenvalue weighted by molar-refractivity contribution is 0.0999. The van der Waals surface area contributed by atoms with E-state index in [0.29, 0.717) is 23.1 Å². The van der Waals surface area contributed by atoms with Gasteiger partial charge in [0.25, 0.3) is 0 Å². The fourth-order valence-corrected chi connectivity index (χ4v) is 1.64. The van der Waals surface area contributed by atoms with Crippen molar-refractivity contribution in [2.75, 3.05) is 0 Å². The highest BCUT2D eigenvalue weighted by Crippen LogP contribution is 2.17. The second-order valence-electron chi connectivity index (χ2n) is 3.42. The van der Waals surface area contributed by atoms with Gasteiger partial charge in [-0.1, -0.05) is 6.92 Å². The summed E-state index contributed by atoms with van der Waals surface area (Å²) in [5.41, 5.74) is 12.7. The van der Waals surface area contributed by atoms with Gasteiger partial charge in [0.2, 0.25) is 11.8 Å². The number of amides is 2. The van der Waals surface area contributed by atoms with Crippen LogP contribution in [0, 0.1) is 6.92 Å². The van der Waals surface area contributed by atoms with E-state index in [-0.39, 0.29) is 0 Å². The smallest absolute Gasteiger partial charge is 0.249 e. The molecule has 0 heterocycles. The van der Waals surface area contributed by atoms with Crippen molar-refractivity contribution in [2.45, 2.75) is 20.3 Å². The maximum atomic E-state index is 11.2. The molecule has 4 heteroatoms. The van der Waals surface area contributed by atoms with Gasteiger partial charge < -0.3 is 11.5 Å². The predicted molar refractivity (Wildman–Crippen MR) is 57.6 cm³/mol. The van der Waals surface area contributed by atoms with Crippen LogP contribution in [0.2, 0.25) is 0 Å². The highest BCUT2D eigenvalue weighted by atomic mass is 16.1. The molecule has 80 valence electrons. The summed E-state index contributed by atoms with van der Waals surface area (Å²) in [6.45, 7) is 3.64. The third-order valence-corrected chi connectivity index (χ3v) is 2.28. The third kappa shape index (κ3) is 2.15. The summed E-state index contributed by atoms with van der Waals surface area (Å²) >= 11 is 0. The van der Waals surface area contributed by atoms with Gasteiger partial charge in [0.1, 0.15) is 0 Å². The standard InChI is InChI=1S/C11H14N2O2/c1-3-7-8(10(12)14)4-6(2)5-9(7)11(13)15/h4-5H,3H2,1-2H3,(H2,12,14)(H2,13,15). The molecule has 4 nitrogen and oxygen atoms in total. The zero-order valence-corrected chi connectivity index (χ0v) is 8.83. The summed E-state index contributed by atoms with van der Waals surface area (Å²) in [4.78, 5) is 22.4. The van der Waals surface area contributed by atoms with Crippen LogP contribution in [0.3, 0.4) is 0 Å². The molecule has 0 fully saturated rings. The molecule has 0 spiro atoms. The van der Waals surface area contributed by atoms with E-state index in [1.165, 1.54) is 0 Å². The summed E-state index contributed by atoms with van der Waals surface area (Å²) in [5, 5.41) is 0. The Morgan fingerprint density at radius 2 is 1.53 bits per heavy atom. The Morgan fingerprint density at radius 1 is 1.13 bits per heavy atom. The Kier molecular flexibility index (Phi) is 3.09. The Bertz CT molecular complexity index is 390. The molecule has 0 atom stereocenters. The van der Waals surface area contributed by atoms with Gasteiger partial charge in [-0.25, -0.2) is 0 Å². The first kappa shape index (κ1) is 11.2. The third-order valence-electron chi connectivity index (χ3n) is 2.28. The van der Waals surface area contributed by atoms with Crippen molar-refractivity contribution < 1.29 is 9.59 Å². The van der Waals surface area contributed by atoms with Gasteiger partial charge in [-0.2, -0.15) is 0 Å². The molecule has 2 amide bonds. The fraction of sp³-hybridized carbons (Fsp3) is 0.273. The average Bonchev–Trinajstić information content (AvgIpc) is 2.16. The van der Waals surface area contributed by atoms with Crippen LogP contribution < -0.4 is 11.5 Å². The molecule has 1 aromatic rings. The van der Waals surface area contributed by atoms with Crippen molar-refractivity contribution in [2.24, 2.45) is 11.5 Å². The monoisotopic (exact) mass is 206 g/mol. The summed E-state index contributed by atoms with van der Waals surface area (Å²) in [6.07, 6.45) is 0.552. The number of hydrogen-bond donors (Lipinski definition) is 2. The summed E-state index contributed by atoms with van der Waals surface area (Å²) in [5.74, 6) is -1.06. The molecule has 0 saturated heterocycles. The minimum atomic E-state index is -0.530. The topological polar surface area (TPSA) is 86.2 Å². The van der Waals surface area contributed by atoms with Gasteiger partial charge in [-0.05, 0) is 36.6 Å². The quantitative estimate of drug-likeness (QED) is 0.764. The number of hydrogen-bond acceptors (Lipinski definition) is 2. The molecule has 0 aliphatic carbocycles. The van der Waals surface area contributed by atoms with Gasteiger partial charge in [0, 0.05) is 11.1 Å². The molecule has 0 bridgehead atoms. The zero-order valence-electron chi connectivity index (χ0n) is 8.83. The first-order valence-electron chi connectivity index (χ1n) is 4.70. The SMILES string of the molecule is CCc1c(C(N)=O)cc(C)cc1C(N)=O. The van der Waals surface area contributed by atoms with Crippen molar-refractivity contribution in [1.82, 2.24) is 0 Å². The second kappa shape index (κ2) is 4.13. The molecule has 1 rings (SSSR count). The fourth-order valence-electron chi connectivity index (χ4n) is 1.64. The van der Waals surface area contributed by atoms with Crippen molar-refractivity contribution >= 4 is 11.8 Å². The van der Waals surface area contributed by atoms with Crippen molar-refractivity contribution in [3.8, 4) is 0 Å². The Morgan fingerprint density at radius 3 is 1.80 bits per heavy atom. The minimum absolute atomic E-state index is 0.381. The lowest BCUT2D eigenvalue weighted by Crippen LogP contribution is -2.20. The van der Waals surface area contributed by atoms with Crippen LogP contribution in [0.15, 0.2) is 12.1 Å². The molecule has 4 N–H and O–H groups in total. The van der Waals surface area contributed by atoms with E-state index < -0.39 is 11.8 Å². The number of aryl methyl sites for hydroxylation is 1. The maximum absolute atomic E-state index is 11.2. The molecule has 0 radical (unpaired) electrons. The van der Waals surface area contributed by atoms with Crippen LogP contribution >= 0.6 is 0 Å².